The number of urea groups is 1. The molecule has 6 rings (SSSR count). The highest BCUT2D eigenvalue weighted by molar-refractivity contribution is 7.70. The number of nitrogens with zero attached hydrogens (tertiary/aromatic N) is 6. The second kappa shape index (κ2) is 15.0. The fourth-order valence-electron chi connectivity index (χ4n) is 6.23. The lowest BCUT2D eigenvalue weighted by Crippen LogP contribution is -2.49. The molecule has 2 aromatic carbocycles. The zero-order valence-corrected chi connectivity index (χ0v) is 30.2. The van der Waals surface area contributed by atoms with Gasteiger partial charge in [0.25, 0.3) is 0 Å². The first-order valence-electron chi connectivity index (χ1n) is 16.4. The van der Waals surface area contributed by atoms with Gasteiger partial charge in [0.1, 0.15) is 23.7 Å². The Morgan fingerprint density at radius 3 is 2.48 bits per heavy atom. The number of pyridine rings is 1. The van der Waals surface area contributed by atoms with Crippen LogP contribution in [0.1, 0.15) is 24.8 Å². The van der Waals surface area contributed by atoms with Crippen molar-refractivity contribution in [1.29, 1.82) is 0 Å². The molecular weight excluding hydrogens is 677 g/mol. The van der Waals surface area contributed by atoms with Crippen LogP contribution in [0.15, 0.2) is 67.0 Å². The maximum absolute atomic E-state index is 12.9. The third kappa shape index (κ3) is 8.18. The Balaban J connectivity index is 1.05. The Morgan fingerprint density at radius 2 is 1.78 bits per heavy atom. The summed E-state index contributed by atoms with van der Waals surface area (Å²) in [6.45, 7) is 6.31. The van der Waals surface area contributed by atoms with E-state index in [0.29, 0.717) is 57.6 Å². The highest BCUT2D eigenvalue weighted by atomic mass is 35.5. The normalized spacial score (nSPS) is 15.6. The first-order valence-corrected chi connectivity index (χ1v) is 19.4. The minimum atomic E-state index is -2.54. The average molecular weight is 718 g/mol. The first-order chi connectivity index (χ1) is 24.0. The summed E-state index contributed by atoms with van der Waals surface area (Å²) in [5.74, 6) is 1.66. The summed E-state index contributed by atoms with van der Waals surface area (Å²) in [5, 5.41) is 9.87. The highest BCUT2D eigenvalue weighted by Gasteiger charge is 2.26. The van der Waals surface area contributed by atoms with Crippen molar-refractivity contribution in [2.75, 3.05) is 67.6 Å². The largest absolute Gasteiger partial charge is 0.494 e. The topological polar surface area (TPSA) is 145 Å². The van der Waals surface area contributed by atoms with Crippen molar-refractivity contribution in [2.24, 2.45) is 0 Å². The number of para-hydroxylation sites is 1. The number of aromatic nitrogens is 3. The number of rotatable bonds is 11. The van der Waals surface area contributed by atoms with Crippen LogP contribution in [-0.4, -0.2) is 85.0 Å². The van der Waals surface area contributed by atoms with Gasteiger partial charge in [-0.3, -0.25) is 19.9 Å². The molecule has 13 nitrogen and oxygen atoms in total. The zero-order chi connectivity index (χ0) is 35.4. The number of hydrogen-bond donors (Lipinski definition) is 3. The van der Waals surface area contributed by atoms with Crippen molar-refractivity contribution in [1.82, 2.24) is 25.2 Å². The molecule has 0 radical (unpaired) electrons. The summed E-state index contributed by atoms with van der Waals surface area (Å²) in [6, 6.07) is 17.3. The van der Waals surface area contributed by atoms with Gasteiger partial charge in [-0.15, -0.1) is 0 Å². The number of ether oxygens (including phenoxy) is 1. The van der Waals surface area contributed by atoms with E-state index in [1.165, 1.54) is 11.1 Å². The fraction of sp³-hybridized carbons (Fsp3) is 0.343. The van der Waals surface area contributed by atoms with Gasteiger partial charge in [0.15, 0.2) is 5.82 Å². The van der Waals surface area contributed by atoms with Gasteiger partial charge in [0.2, 0.25) is 11.9 Å². The van der Waals surface area contributed by atoms with E-state index in [1.54, 1.807) is 26.6 Å². The molecule has 4 aromatic rings. The molecule has 2 aromatic heterocycles. The molecule has 0 saturated carbocycles. The molecule has 2 aliphatic rings. The maximum Gasteiger partial charge on any atom is 0.329 e. The van der Waals surface area contributed by atoms with Gasteiger partial charge in [-0.25, -0.2) is 14.8 Å². The molecule has 0 unspecified atom stereocenters. The predicted octanol–water partition coefficient (Wildman–Crippen LogP) is 5.82. The van der Waals surface area contributed by atoms with Crippen molar-refractivity contribution in [3.63, 3.8) is 0 Å². The number of hydrogen-bond acceptors (Lipinski definition) is 11. The third-order valence-electron chi connectivity index (χ3n) is 8.94. The second-order valence-electron chi connectivity index (χ2n) is 12.8. The number of amides is 3. The molecule has 3 N–H and O–H groups in total. The third-order valence-corrected chi connectivity index (χ3v) is 10.8. The van der Waals surface area contributed by atoms with Crippen LogP contribution in [0, 0.1) is 0 Å². The number of halogens is 1. The van der Waals surface area contributed by atoms with Crippen LogP contribution >= 0.6 is 18.7 Å². The molecule has 4 heterocycles. The Kier molecular flexibility index (Phi) is 10.6. The number of nitrogens with one attached hydrogen (secondary N) is 3. The minimum Gasteiger partial charge on any atom is -0.494 e. The molecule has 0 bridgehead atoms. The van der Waals surface area contributed by atoms with Crippen LogP contribution < -0.4 is 35.8 Å². The van der Waals surface area contributed by atoms with Crippen molar-refractivity contribution in [2.45, 2.75) is 31.8 Å². The average Bonchev–Trinajstić information content (AvgIpc) is 3.10. The van der Waals surface area contributed by atoms with Gasteiger partial charge in [-0.2, -0.15) is 4.98 Å². The van der Waals surface area contributed by atoms with Crippen molar-refractivity contribution in [3.05, 3.63) is 77.6 Å². The SMILES string of the molecule is COc1cc(N2CCC(N(C)Cc3ccc(N4CCC(=O)NC4=O)nc3)CC2)ccc1Nc1ncc(Cl)c(Nc2ccccc2P(C)(C)=O)n1. The van der Waals surface area contributed by atoms with E-state index in [2.05, 4.69) is 53.8 Å². The van der Waals surface area contributed by atoms with Crippen LogP contribution in [0.25, 0.3) is 0 Å². The summed E-state index contributed by atoms with van der Waals surface area (Å²) >= 11 is 6.45. The molecule has 2 saturated heterocycles. The lowest BCUT2D eigenvalue weighted by molar-refractivity contribution is -0.120. The van der Waals surface area contributed by atoms with Gasteiger partial charge in [-0.1, -0.05) is 29.8 Å². The van der Waals surface area contributed by atoms with Crippen molar-refractivity contribution < 1.29 is 18.9 Å². The van der Waals surface area contributed by atoms with Gasteiger partial charge >= 0.3 is 6.03 Å². The first kappa shape index (κ1) is 35.1. The lowest BCUT2D eigenvalue weighted by atomic mass is 10.0. The van der Waals surface area contributed by atoms with E-state index < -0.39 is 13.2 Å². The molecule has 2 fully saturated rings. The maximum atomic E-state index is 12.9. The lowest BCUT2D eigenvalue weighted by Gasteiger charge is -2.38. The number of anilines is 6. The van der Waals surface area contributed by atoms with E-state index in [-0.39, 0.29) is 12.3 Å². The molecule has 3 amide bonds. The van der Waals surface area contributed by atoms with E-state index in [1.807, 2.05) is 48.5 Å². The van der Waals surface area contributed by atoms with E-state index in [0.717, 1.165) is 43.7 Å². The van der Waals surface area contributed by atoms with Crippen molar-refractivity contribution >= 4 is 70.6 Å². The van der Waals surface area contributed by atoms with Gasteiger partial charge in [0, 0.05) is 61.9 Å². The zero-order valence-electron chi connectivity index (χ0n) is 28.5. The van der Waals surface area contributed by atoms with Gasteiger partial charge in [-0.05, 0) is 69.1 Å². The predicted molar refractivity (Wildman–Crippen MR) is 199 cm³/mol. The number of imide groups is 1. The molecule has 0 atom stereocenters. The monoisotopic (exact) mass is 717 g/mol. The molecule has 0 aliphatic carbocycles. The second-order valence-corrected chi connectivity index (χ2v) is 16.4. The van der Waals surface area contributed by atoms with E-state index in [4.69, 9.17) is 16.3 Å². The van der Waals surface area contributed by atoms with E-state index >= 15 is 0 Å². The Labute approximate surface area is 296 Å². The number of methoxy groups -OCH3 is 1. The summed E-state index contributed by atoms with van der Waals surface area (Å²) in [6.07, 6.45) is 5.58. The molecule has 262 valence electrons. The summed E-state index contributed by atoms with van der Waals surface area (Å²) in [5.41, 5.74) is 3.52. The van der Waals surface area contributed by atoms with E-state index in [9.17, 15) is 14.2 Å². The van der Waals surface area contributed by atoms with Crippen LogP contribution in [0.4, 0.5) is 39.4 Å². The Bertz CT molecular complexity index is 1910. The summed E-state index contributed by atoms with van der Waals surface area (Å²) < 4.78 is 18.6. The van der Waals surface area contributed by atoms with Crippen molar-refractivity contribution in [3.8, 4) is 5.75 Å². The smallest absolute Gasteiger partial charge is 0.329 e. The van der Waals surface area contributed by atoms with Gasteiger partial charge < -0.3 is 24.8 Å². The number of carbonyl (C=O) groups is 2. The summed E-state index contributed by atoms with van der Waals surface area (Å²) in [7, 11) is 1.22. The number of carbonyl (C=O) groups excluding carboxylic acids is 2. The quantitative estimate of drug-likeness (QED) is 0.162. The van der Waals surface area contributed by atoms with Gasteiger partial charge in [0.05, 0.1) is 24.7 Å². The number of piperidine rings is 1. The highest BCUT2D eigenvalue weighted by Crippen LogP contribution is 2.39. The van der Waals surface area contributed by atoms with Crippen LogP contribution in [0.3, 0.4) is 0 Å². The van der Waals surface area contributed by atoms with Crippen LogP contribution in [0.5, 0.6) is 5.75 Å². The Hall–Kier alpha value is -4.71. The molecule has 15 heteroatoms. The Morgan fingerprint density at radius 1 is 1.00 bits per heavy atom. The summed E-state index contributed by atoms with van der Waals surface area (Å²) in [4.78, 5) is 43.3. The standard InChI is InChI=1S/C35H41ClN9O4P/c1-43(22-23-9-12-31(37-20-23)45-18-15-32(46)41-35(45)47)24-13-16-44(17-14-24)25-10-11-27(29(19-25)49-2)40-34-38-21-26(36)33(42-34)39-28-7-5-6-8-30(28)50(3,4)48/h5-12,19-21,24H,13-18,22H2,1-4H3,(H,41,46,47)(H2,38,39,40,42). The fourth-order valence-corrected chi connectivity index (χ4v) is 7.52. The molecule has 2 aliphatic heterocycles. The number of benzene rings is 2. The molecule has 0 spiro atoms. The van der Waals surface area contributed by atoms with Crippen LogP contribution in [0.2, 0.25) is 5.02 Å². The van der Waals surface area contributed by atoms with Crippen LogP contribution in [-0.2, 0) is 15.9 Å². The molecule has 50 heavy (non-hydrogen) atoms. The minimum absolute atomic E-state index is 0.262. The molecular formula is C35H41ClN9O4P.